The number of aryl methyl sites for hydroxylation is 1. The summed E-state index contributed by atoms with van der Waals surface area (Å²) in [7, 11) is 0. The summed E-state index contributed by atoms with van der Waals surface area (Å²) in [4.78, 5) is 17.0. The van der Waals surface area contributed by atoms with Gasteiger partial charge in [0.1, 0.15) is 28.7 Å². The number of carbonyl (C=O) groups is 1. The van der Waals surface area contributed by atoms with E-state index in [0.29, 0.717) is 34.7 Å². The summed E-state index contributed by atoms with van der Waals surface area (Å²) in [5, 5.41) is 12.7. The molecule has 0 spiro atoms. The lowest BCUT2D eigenvalue weighted by atomic mass is 10.1. The van der Waals surface area contributed by atoms with Crippen molar-refractivity contribution in [2.45, 2.75) is 13.0 Å². The molecule has 0 unspecified atom stereocenters. The van der Waals surface area contributed by atoms with E-state index in [1.807, 2.05) is 5.32 Å². The molecule has 0 saturated carbocycles. The van der Waals surface area contributed by atoms with Crippen molar-refractivity contribution in [3.63, 3.8) is 0 Å². The van der Waals surface area contributed by atoms with Crippen LogP contribution in [0.5, 0.6) is 0 Å². The van der Waals surface area contributed by atoms with Crippen LogP contribution in [-0.2, 0) is 11.3 Å². The van der Waals surface area contributed by atoms with Gasteiger partial charge in [-0.15, -0.1) is 0 Å². The van der Waals surface area contributed by atoms with E-state index in [1.165, 1.54) is 0 Å². The van der Waals surface area contributed by atoms with Gasteiger partial charge in [0.25, 0.3) is 5.91 Å². The first-order valence-electron chi connectivity index (χ1n) is 7.89. The smallest absolute Gasteiger partial charge is 0.263 e. The predicted octanol–water partition coefficient (Wildman–Crippen LogP) is 4.42. The van der Waals surface area contributed by atoms with Crippen LogP contribution in [0, 0.1) is 17.5 Å². The van der Waals surface area contributed by atoms with Crippen molar-refractivity contribution in [1.29, 1.82) is 0 Å². The van der Waals surface area contributed by atoms with Crippen molar-refractivity contribution < 1.29 is 23.1 Å². The Morgan fingerprint density at radius 2 is 1.89 bits per heavy atom. The molecule has 1 aliphatic heterocycles. The average Bonchev–Trinajstić information content (AvgIpc) is 2.94. The fourth-order valence-electron chi connectivity index (χ4n) is 3.06. The molecule has 2 aromatic carbocycles. The van der Waals surface area contributed by atoms with Crippen molar-refractivity contribution in [3.8, 4) is 0 Å². The number of hydrogen-bond donors (Lipinski definition) is 2. The first kappa shape index (κ1) is 17.4. The van der Waals surface area contributed by atoms with Gasteiger partial charge in [0.2, 0.25) is 0 Å². The lowest BCUT2D eigenvalue weighted by Gasteiger charge is -2.19. The van der Waals surface area contributed by atoms with Gasteiger partial charge in [0.05, 0.1) is 11.0 Å². The van der Waals surface area contributed by atoms with Crippen molar-refractivity contribution in [2.75, 3.05) is 5.32 Å². The molecule has 9 heteroatoms. The van der Waals surface area contributed by atoms with Gasteiger partial charge in [-0.2, -0.15) is 0 Å². The number of halogens is 4. The first-order valence-corrected chi connectivity index (χ1v) is 8.27. The molecular weight excluding hydrogens is 383 g/mol. The van der Waals surface area contributed by atoms with Gasteiger partial charge >= 0.3 is 0 Å². The second kappa shape index (κ2) is 6.31. The van der Waals surface area contributed by atoms with E-state index in [-0.39, 0.29) is 23.6 Å². The van der Waals surface area contributed by atoms with Crippen LogP contribution < -0.4 is 5.32 Å². The standard InChI is InChI=1S/C18H11ClF3N3O2/c19-8-1-2-13-12(5-8)23-17-15(14(26)3-4-25(13)17)18(27)24-16-10(21)6-9(20)7-11(16)22/h1-2,5-7,26H,3-4H2,(H,24,27). The van der Waals surface area contributed by atoms with Crippen LogP contribution in [0.25, 0.3) is 16.6 Å². The number of aromatic nitrogens is 2. The molecule has 1 aromatic heterocycles. The molecule has 4 rings (SSSR count). The van der Waals surface area contributed by atoms with Crippen LogP contribution in [-0.4, -0.2) is 20.6 Å². The van der Waals surface area contributed by atoms with Crippen LogP contribution in [0.1, 0.15) is 12.2 Å². The molecule has 0 atom stereocenters. The van der Waals surface area contributed by atoms with Gasteiger partial charge in [-0.05, 0) is 18.2 Å². The fraction of sp³-hybridized carbons (Fsp3) is 0.111. The van der Waals surface area contributed by atoms with Gasteiger partial charge in [-0.1, -0.05) is 11.6 Å². The summed E-state index contributed by atoms with van der Waals surface area (Å²) < 4.78 is 42.4. The topological polar surface area (TPSA) is 67.2 Å². The minimum Gasteiger partial charge on any atom is -0.511 e. The number of rotatable bonds is 2. The summed E-state index contributed by atoms with van der Waals surface area (Å²) in [5.41, 5.74) is 0.192. The molecule has 5 nitrogen and oxygen atoms in total. The maximum absolute atomic E-state index is 13.8. The highest BCUT2D eigenvalue weighted by molar-refractivity contribution is 6.31. The molecule has 0 radical (unpaired) electrons. The molecule has 2 heterocycles. The highest BCUT2D eigenvalue weighted by Crippen LogP contribution is 2.32. The minimum atomic E-state index is -1.27. The Hall–Kier alpha value is -3.00. The number of imidazole rings is 1. The Balaban J connectivity index is 1.78. The van der Waals surface area contributed by atoms with Gasteiger partial charge < -0.3 is 15.0 Å². The molecule has 2 N–H and O–H groups in total. The maximum Gasteiger partial charge on any atom is 0.263 e. The number of nitrogens with zero attached hydrogens (tertiary/aromatic N) is 2. The van der Waals surface area contributed by atoms with E-state index >= 15 is 0 Å². The van der Waals surface area contributed by atoms with Gasteiger partial charge in [0, 0.05) is 30.1 Å². The van der Waals surface area contributed by atoms with Gasteiger partial charge in [-0.25, -0.2) is 18.2 Å². The van der Waals surface area contributed by atoms with E-state index in [1.54, 1.807) is 22.8 Å². The largest absolute Gasteiger partial charge is 0.511 e. The zero-order valence-corrected chi connectivity index (χ0v) is 14.3. The quantitative estimate of drug-likeness (QED) is 0.677. The van der Waals surface area contributed by atoms with Crippen LogP contribution in [0.4, 0.5) is 18.9 Å². The molecule has 0 fully saturated rings. The Morgan fingerprint density at radius 1 is 1.19 bits per heavy atom. The summed E-state index contributed by atoms with van der Waals surface area (Å²) in [5.74, 6) is -4.71. The lowest BCUT2D eigenvalue weighted by Crippen LogP contribution is -2.23. The highest BCUT2D eigenvalue weighted by Gasteiger charge is 2.29. The summed E-state index contributed by atoms with van der Waals surface area (Å²) >= 11 is 5.96. The molecule has 0 bridgehead atoms. The van der Waals surface area contributed by atoms with Crippen LogP contribution in [0.2, 0.25) is 5.02 Å². The number of benzene rings is 2. The molecular formula is C18H11ClF3N3O2. The minimum absolute atomic E-state index is 0.137. The zero-order valence-electron chi connectivity index (χ0n) is 13.6. The van der Waals surface area contributed by atoms with Crippen molar-refractivity contribution in [2.24, 2.45) is 0 Å². The molecule has 138 valence electrons. The number of aliphatic hydroxyl groups is 1. The summed E-state index contributed by atoms with van der Waals surface area (Å²) in [6.07, 6.45) is 0.137. The van der Waals surface area contributed by atoms with E-state index in [0.717, 1.165) is 0 Å². The average molecular weight is 394 g/mol. The number of allylic oxidation sites excluding steroid dienone is 1. The normalized spacial score (nSPS) is 13.8. The SMILES string of the molecule is O=C(Nc1c(F)cc(F)cc1F)C1=C(O)CCn2c1nc1cc(Cl)ccc12. The third kappa shape index (κ3) is 2.91. The van der Waals surface area contributed by atoms with Gasteiger partial charge in [-0.3, -0.25) is 4.79 Å². The molecule has 1 amide bonds. The summed E-state index contributed by atoms with van der Waals surface area (Å²) in [6.45, 7) is 0.370. The number of carbonyl (C=O) groups excluding carboxylic acids is 1. The third-order valence-electron chi connectivity index (χ3n) is 4.27. The number of amides is 1. The third-order valence-corrected chi connectivity index (χ3v) is 4.50. The van der Waals surface area contributed by atoms with Crippen LogP contribution in [0.3, 0.4) is 0 Å². The summed E-state index contributed by atoms with van der Waals surface area (Å²) in [6, 6.07) is 5.90. The van der Waals surface area contributed by atoms with E-state index in [9.17, 15) is 23.1 Å². The zero-order chi connectivity index (χ0) is 19.3. The Kier molecular flexibility index (Phi) is 4.07. The van der Waals surface area contributed by atoms with E-state index in [4.69, 9.17) is 11.6 Å². The van der Waals surface area contributed by atoms with Crippen molar-refractivity contribution >= 4 is 39.8 Å². The first-order chi connectivity index (χ1) is 12.8. The highest BCUT2D eigenvalue weighted by atomic mass is 35.5. The second-order valence-corrected chi connectivity index (χ2v) is 6.43. The molecule has 0 saturated heterocycles. The molecule has 0 aliphatic carbocycles. The number of nitrogens with one attached hydrogen (secondary N) is 1. The fourth-order valence-corrected chi connectivity index (χ4v) is 3.23. The Morgan fingerprint density at radius 3 is 2.59 bits per heavy atom. The molecule has 1 aliphatic rings. The monoisotopic (exact) mass is 393 g/mol. The number of aliphatic hydroxyl groups excluding tert-OH is 1. The second-order valence-electron chi connectivity index (χ2n) is 5.99. The predicted molar refractivity (Wildman–Crippen MR) is 93.9 cm³/mol. The van der Waals surface area contributed by atoms with Crippen LogP contribution in [0.15, 0.2) is 36.1 Å². The van der Waals surface area contributed by atoms with Crippen LogP contribution >= 0.6 is 11.6 Å². The van der Waals surface area contributed by atoms with Crippen molar-refractivity contribution in [3.05, 3.63) is 64.4 Å². The Labute approximate surface area is 155 Å². The molecule has 27 heavy (non-hydrogen) atoms. The number of fused-ring (bicyclic) bond motifs is 3. The van der Waals surface area contributed by atoms with Crippen molar-refractivity contribution in [1.82, 2.24) is 9.55 Å². The molecule has 3 aromatic rings. The van der Waals surface area contributed by atoms with Gasteiger partial charge in [0.15, 0.2) is 11.6 Å². The maximum atomic E-state index is 13.8. The van der Waals surface area contributed by atoms with E-state index in [2.05, 4.69) is 4.98 Å². The number of hydrogen-bond acceptors (Lipinski definition) is 3. The Bertz CT molecular complexity index is 1120. The van der Waals surface area contributed by atoms with E-state index < -0.39 is 29.0 Å². The lowest BCUT2D eigenvalue weighted by molar-refractivity contribution is -0.111. The number of anilines is 1.